The lowest BCUT2D eigenvalue weighted by Crippen LogP contribution is -2.02. The minimum absolute atomic E-state index is 0.303. The quantitative estimate of drug-likeness (QED) is 0.111. The van der Waals surface area contributed by atoms with E-state index < -0.39 is 11.9 Å². The van der Waals surface area contributed by atoms with Gasteiger partial charge in [0, 0.05) is 12.8 Å². The molecule has 0 spiro atoms. The molecule has 4 nitrogen and oxygen atoms in total. The van der Waals surface area contributed by atoms with E-state index in [1.807, 2.05) is 0 Å². The molecule has 0 aliphatic heterocycles. The Morgan fingerprint density at radius 1 is 0.500 bits per heavy atom. The van der Waals surface area contributed by atoms with E-state index in [-0.39, 0.29) is 0 Å². The summed E-state index contributed by atoms with van der Waals surface area (Å²) in [5.74, 6) is -1.36. The van der Waals surface area contributed by atoms with Gasteiger partial charge >= 0.3 is 11.9 Å². The number of hydrogen-bond acceptors (Lipinski definition) is 2. The highest BCUT2D eigenvalue weighted by Gasteiger charge is 2.09. The molecule has 0 atom stereocenters. The summed E-state index contributed by atoms with van der Waals surface area (Å²) in [6.07, 6.45) is 28.3. The van der Waals surface area contributed by atoms with E-state index in [1.54, 1.807) is 16.7 Å². The summed E-state index contributed by atoms with van der Waals surface area (Å²) in [6, 6.07) is 6.99. The van der Waals surface area contributed by atoms with Gasteiger partial charge in [0.05, 0.1) is 0 Å². The second kappa shape index (κ2) is 24.2. The van der Waals surface area contributed by atoms with E-state index in [0.717, 1.165) is 44.9 Å². The first-order valence-electron chi connectivity index (χ1n) is 16.1. The molecule has 4 heteroatoms. The van der Waals surface area contributed by atoms with Gasteiger partial charge in [-0.25, -0.2) is 0 Å². The SMILES string of the molecule is CCCCCCCCCCc1cccc(CCCCCCCCC(=O)O)c1CCCCCCCCC(=O)O. The number of aryl methyl sites for hydroxylation is 2. The summed E-state index contributed by atoms with van der Waals surface area (Å²) in [5.41, 5.74) is 4.74. The van der Waals surface area contributed by atoms with E-state index in [9.17, 15) is 9.59 Å². The van der Waals surface area contributed by atoms with Crippen LogP contribution in [0.25, 0.3) is 0 Å². The van der Waals surface area contributed by atoms with Crippen LogP contribution in [0.15, 0.2) is 18.2 Å². The monoisotopic (exact) mass is 530 g/mol. The van der Waals surface area contributed by atoms with Gasteiger partial charge < -0.3 is 10.2 Å². The van der Waals surface area contributed by atoms with Gasteiger partial charge in [-0.1, -0.05) is 121 Å². The van der Waals surface area contributed by atoms with Gasteiger partial charge in [0.1, 0.15) is 0 Å². The largest absolute Gasteiger partial charge is 0.481 e. The van der Waals surface area contributed by atoms with Crippen molar-refractivity contribution in [3.8, 4) is 0 Å². The fourth-order valence-corrected chi connectivity index (χ4v) is 5.51. The van der Waals surface area contributed by atoms with Crippen LogP contribution >= 0.6 is 0 Å². The van der Waals surface area contributed by atoms with Crippen LogP contribution in [-0.2, 0) is 28.9 Å². The summed E-state index contributed by atoms with van der Waals surface area (Å²) in [6.45, 7) is 2.28. The maximum absolute atomic E-state index is 10.7. The highest BCUT2D eigenvalue weighted by Crippen LogP contribution is 2.23. The van der Waals surface area contributed by atoms with Crippen molar-refractivity contribution in [2.75, 3.05) is 0 Å². The number of carbonyl (C=O) groups is 2. The maximum atomic E-state index is 10.7. The fourth-order valence-electron chi connectivity index (χ4n) is 5.51. The minimum Gasteiger partial charge on any atom is -0.481 e. The van der Waals surface area contributed by atoms with Gasteiger partial charge in [-0.05, 0) is 68.1 Å². The molecule has 0 amide bonds. The van der Waals surface area contributed by atoms with Crippen LogP contribution in [0.3, 0.4) is 0 Å². The first-order valence-corrected chi connectivity index (χ1v) is 16.1. The first-order chi connectivity index (χ1) is 18.5. The van der Waals surface area contributed by atoms with Gasteiger partial charge in [0.15, 0.2) is 0 Å². The Hall–Kier alpha value is -1.84. The highest BCUT2D eigenvalue weighted by atomic mass is 16.4. The highest BCUT2D eigenvalue weighted by molar-refractivity contribution is 5.66. The van der Waals surface area contributed by atoms with Crippen molar-refractivity contribution in [3.63, 3.8) is 0 Å². The average molecular weight is 531 g/mol. The molecule has 0 aliphatic rings. The minimum atomic E-state index is -0.678. The molecule has 0 aromatic heterocycles. The van der Waals surface area contributed by atoms with E-state index in [4.69, 9.17) is 10.2 Å². The van der Waals surface area contributed by atoms with Crippen LogP contribution in [0.1, 0.15) is 165 Å². The van der Waals surface area contributed by atoms with Crippen molar-refractivity contribution in [2.24, 2.45) is 0 Å². The van der Waals surface area contributed by atoms with Crippen LogP contribution in [-0.4, -0.2) is 22.2 Å². The summed E-state index contributed by atoms with van der Waals surface area (Å²) >= 11 is 0. The second-order valence-electron chi connectivity index (χ2n) is 11.3. The third-order valence-electron chi connectivity index (χ3n) is 7.82. The molecule has 0 saturated heterocycles. The molecular weight excluding hydrogens is 472 g/mol. The summed E-state index contributed by atoms with van der Waals surface area (Å²) < 4.78 is 0. The molecule has 1 aromatic rings. The van der Waals surface area contributed by atoms with Crippen molar-refractivity contribution < 1.29 is 19.8 Å². The molecule has 2 N–H and O–H groups in total. The number of carboxylic acids is 2. The van der Waals surface area contributed by atoms with Crippen molar-refractivity contribution >= 4 is 11.9 Å². The van der Waals surface area contributed by atoms with Crippen molar-refractivity contribution in [1.82, 2.24) is 0 Å². The zero-order valence-corrected chi connectivity index (χ0v) is 24.6. The van der Waals surface area contributed by atoms with Crippen LogP contribution < -0.4 is 0 Å². The lowest BCUT2D eigenvalue weighted by Gasteiger charge is -2.16. The fraction of sp³-hybridized carbons (Fsp3) is 0.765. The molecule has 0 saturated carbocycles. The normalized spacial score (nSPS) is 11.2. The Bertz CT molecular complexity index is 727. The van der Waals surface area contributed by atoms with Gasteiger partial charge in [0.25, 0.3) is 0 Å². The average Bonchev–Trinajstić information content (AvgIpc) is 2.89. The topological polar surface area (TPSA) is 74.6 Å². The van der Waals surface area contributed by atoms with E-state index in [2.05, 4.69) is 25.1 Å². The number of aliphatic carboxylic acids is 2. The van der Waals surface area contributed by atoms with Gasteiger partial charge in [-0.2, -0.15) is 0 Å². The third-order valence-corrected chi connectivity index (χ3v) is 7.82. The smallest absolute Gasteiger partial charge is 0.303 e. The Labute approximate surface area is 234 Å². The van der Waals surface area contributed by atoms with Crippen LogP contribution in [0.5, 0.6) is 0 Å². The number of rotatable bonds is 27. The number of carboxylic acid groups (broad SMARTS) is 2. The molecule has 218 valence electrons. The van der Waals surface area contributed by atoms with E-state index in [1.165, 1.54) is 103 Å². The Balaban J connectivity index is 2.48. The van der Waals surface area contributed by atoms with Crippen molar-refractivity contribution in [3.05, 3.63) is 34.9 Å². The molecule has 0 fully saturated rings. The second-order valence-corrected chi connectivity index (χ2v) is 11.3. The Kier molecular flexibility index (Phi) is 21.8. The van der Waals surface area contributed by atoms with Gasteiger partial charge in [0.2, 0.25) is 0 Å². The molecule has 0 radical (unpaired) electrons. The molecule has 1 aromatic carbocycles. The lowest BCUT2D eigenvalue weighted by atomic mass is 9.90. The molecule has 0 heterocycles. The van der Waals surface area contributed by atoms with Crippen molar-refractivity contribution in [2.45, 2.75) is 167 Å². The first kappa shape index (κ1) is 34.2. The van der Waals surface area contributed by atoms with Crippen LogP contribution in [0, 0.1) is 0 Å². The number of benzene rings is 1. The lowest BCUT2D eigenvalue weighted by molar-refractivity contribution is -0.138. The van der Waals surface area contributed by atoms with Crippen LogP contribution in [0.4, 0.5) is 0 Å². The standard InChI is InChI=1S/C34H58O4/c1-2-3-4-5-6-7-12-17-23-30-25-22-26-31(24-18-13-8-10-15-20-28-33(35)36)32(30)27-19-14-9-11-16-21-29-34(37)38/h22,25-26H,2-21,23-24,27-29H2,1H3,(H,35,36)(H,37,38). The molecule has 0 unspecified atom stereocenters. The number of hydrogen-bond donors (Lipinski definition) is 2. The van der Waals surface area contributed by atoms with Gasteiger partial charge in [-0.3, -0.25) is 9.59 Å². The predicted octanol–water partition coefficient (Wildman–Crippen LogP) is 10.1. The molecule has 38 heavy (non-hydrogen) atoms. The maximum Gasteiger partial charge on any atom is 0.303 e. The van der Waals surface area contributed by atoms with E-state index >= 15 is 0 Å². The van der Waals surface area contributed by atoms with Crippen LogP contribution in [0.2, 0.25) is 0 Å². The van der Waals surface area contributed by atoms with Gasteiger partial charge in [-0.15, -0.1) is 0 Å². The summed E-state index contributed by atoms with van der Waals surface area (Å²) in [5, 5.41) is 17.6. The Morgan fingerprint density at radius 3 is 1.24 bits per heavy atom. The molecule has 0 aliphatic carbocycles. The third kappa shape index (κ3) is 19.3. The molecule has 1 rings (SSSR count). The number of unbranched alkanes of at least 4 members (excludes halogenated alkanes) is 17. The van der Waals surface area contributed by atoms with E-state index in [0.29, 0.717) is 12.8 Å². The molecular formula is C34H58O4. The van der Waals surface area contributed by atoms with Crippen molar-refractivity contribution in [1.29, 1.82) is 0 Å². The predicted molar refractivity (Wildman–Crippen MR) is 160 cm³/mol. The summed E-state index contributed by atoms with van der Waals surface area (Å²) in [7, 11) is 0. The zero-order valence-electron chi connectivity index (χ0n) is 24.6. The Morgan fingerprint density at radius 2 is 0.842 bits per heavy atom. The molecule has 0 bridgehead atoms. The summed E-state index contributed by atoms with van der Waals surface area (Å²) in [4.78, 5) is 21.3. The zero-order chi connectivity index (χ0) is 27.7.